The lowest BCUT2D eigenvalue weighted by atomic mass is 10.2. The van der Waals surface area contributed by atoms with E-state index >= 15 is 0 Å². The van der Waals surface area contributed by atoms with E-state index in [4.69, 9.17) is 5.73 Å². The number of rotatable bonds is 6. The van der Waals surface area contributed by atoms with Gasteiger partial charge in [0.05, 0.1) is 6.33 Å². The van der Waals surface area contributed by atoms with Crippen molar-refractivity contribution in [3.63, 3.8) is 0 Å². The van der Waals surface area contributed by atoms with Crippen molar-refractivity contribution < 1.29 is 0 Å². The Labute approximate surface area is 112 Å². The Morgan fingerprint density at radius 1 is 1.39 bits per heavy atom. The summed E-state index contributed by atoms with van der Waals surface area (Å²) in [6.45, 7) is 3.82. The third-order valence-electron chi connectivity index (χ3n) is 2.78. The minimum atomic E-state index is 0.599. The van der Waals surface area contributed by atoms with Crippen LogP contribution in [0.1, 0.15) is 24.6 Å². The van der Waals surface area contributed by atoms with Crippen molar-refractivity contribution in [1.82, 2.24) is 9.55 Å². The SMILES string of the molecule is CCCn1cncc1CSc1cccc(CN)c1. The summed E-state index contributed by atoms with van der Waals surface area (Å²) in [4.78, 5) is 5.48. The highest BCUT2D eigenvalue weighted by atomic mass is 32.2. The van der Waals surface area contributed by atoms with E-state index < -0.39 is 0 Å². The van der Waals surface area contributed by atoms with Gasteiger partial charge in [0.2, 0.25) is 0 Å². The van der Waals surface area contributed by atoms with Gasteiger partial charge in [0.1, 0.15) is 0 Å². The number of aryl methyl sites for hydroxylation is 1. The molecule has 2 N–H and O–H groups in total. The maximum atomic E-state index is 5.65. The van der Waals surface area contributed by atoms with Crippen LogP contribution in [0.2, 0.25) is 0 Å². The molecule has 1 aromatic heterocycles. The zero-order valence-corrected chi connectivity index (χ0v) is 11.5. The number of hydrogen-bond acceptors (Lipinski definition) is 3. The van der Waals surface area contributed by atoms with Crippen molar-refractivity contribution in [3.05, 3.63) is 48.0 Å². The number of thioether (sulfide) groups is 1. The van der Waals surface area contributed by atoms with Crippen molar-refractivity contribution >= 4 is 11.8 Å². The zero-order chi connectivity index (χ0) is 12.8. The third kappa shape index (κ3) is 3.37. The number of hydrogen-bond donors (Lipinski definition) is 1. The lowest BCUT2D eigenvalue weighted by Gasteiger charge is -2.07. The molecule has 1 heterocycles. The molecule has 0 unspecified atom stereocenters. The average molecular weight is 261 g/mol. The van der Waals surface area contributed by atoms with Gasteiger partial charge in [0.25, 0.3) is 0 Å². The van der Waals surface area contributed by atoms with Crippen LogP contribution in [0.5, 0.6) is 0 Å². The minimum Gasteiger partial charge on any atom is -0.334 e. The van der Waals surface area contributed by atoms with Gasteiger partial charge in [-0.3, -0.25) is 0 Å². The molecule has 0 amide bonds. The molecule has 0 atom stereocenters. The number of nitrogens with two attached hydrogens (primary N) is 1. The molecule has 4 heteroatoms. The van der Waals surface area contributed by atoms with Crippen LogP contribution >= 0.6 is 11.8 Å². The average Bonchev–Trinajstić information content (AvgIpc) is 2.85. The van der Waals surface area contributed by atoms with Crippen molar-refractivity contribution in [2.45, 2.75) is 37.1 Å². The van der Waals surface area contributed by atoms with E-state index in [9.17, 15) is 0 Å². The molecule has 0 spiro atoms. The lowest BCUT2D eigenvalue weighted by molar-refractivity contribution is 0.659. The first-order valence-electron chi connectivity index (χ1n) is 6.24. The fourth-order valence-electron chi connectivity index (χ4n) is 1.83. The molecule has 0 saturated carbocycles. The quantitative estimate of drug-likeness (QED) is 0.813. The van der Waals surface area contributed by atoms with E-state index in [1.54, 1.807) is 0 Å². The molecule has 3 nitrogen and oxygen atoms in total. The first kappa shape index (κ1) is 13.2. The van der Waals surface area contributed by atoms with E-state index in [-0.39, 0.29) is 0 Å². The summed E-state index contributed by atoms with van der Waals surface area (Å²) in [5.41, 5.74) is 8.11. The fraction of sp³-hybridized carbons (Fsp3) is 0.357. The van der Waals surface area contributed by atoms with Gasteiger partial charge in [0.15, 0.2) is 0 Å². The predicted molar refractivity (Wildman–Crippen MR) is 76.4 cm³/mol. The van der Waals surface area contributed by atoms with Crippen molar-refractivity contribution in [1.29, 1.82) is 0 Å². The van der Waals surface area contributed by atoms with Crippen molar-refractivity contribution in [3.8, 4) is 0 Å². The molecule has 1 aromatic carbocycles. The summed E-state index contributed by atoms with van der Waals surface area (Å²) in [6, 6.07) is 8.41. The third-order valence-corrected chi connectivity index (χ3v) is 3.81. The Bertz CT molecular complexity index is 493. The standard InChI is InChI=1S/C14H19N3S/c1-2-6-17-11-16-9-13(17)10-18-14-5-3-4-12(7-14)8-15/h3-5,7,9,11H,2,6,8,10,15H2,1H3. The molecule has 18 heavy (non-hydrogen) atoms. The molecular weight excluding hydrogens is 242 g/mol. The highest BCUT2D eigenvalue weighted by Crippen LogP contribution is 2.23. The highest BCUT2D eigenvalue weighted by Gasteiger charge is 2.03. The van der Waals surface area contributed by atoms with Crippen molar-refractivity contribution in [2.75, 3.05) is 0 Å². The smallest absolute Gasteiger partial charge is 0.0948 e. The molecule has 0 saturated heterocycles. The number of nitrogens with zero attached hydrogens (tertiary/aromatic N) is 2. The predicted octanol–water partition coefficient (Wildman–Crippen LogP) is 3.04. The van der Waals surface area contributed by atoms with Crippen LogP contribution in [0.3, 0.4) is 0 Å². The van der Waals surface area contributed by atoms with Crippen LogP contribution in [-0.4, -0.2) is 9.55 Å². The number of aromatic nitrogens is 2. The number of benzene rings is 1. The first-order valence-corrected chi connectivity index (χ1v) is 7.23. The second-order valence-corrected chi connectivity index (χ2v) is 5.27. The summed E-state index contributed by atoms with van der Waals surface area (Å²) in [5.74, 6) is 0.952. The fourth-order valence-corrected chi connectivity index (χ4v) is 2.79. The molecule has 0 aliphatic rings. The summed E-state index contributed by atoms with van der Waals surface area (Å²) >= 11 is 1.83. The summed E-state index contributed by atoms with van der Waals surface area (Å²) in [6.07, 6.45) is 5.00. The summed E-state index contributed by atoms with van der Waals surface area (Å²) in [5, 5.41) is 0. The van der Waals surface area contributed by atoms with Crippen LogP contribution in [0.15, 0.2) is 41.7 Å². The Hall–Kier alpha value is -1.26. The van der Waals surface area contributed by atoms with Crippen LogP contribution in [-0.2, 0) is 18.8 Å². The van der Waals surface area contributed by atoms with E-state index in [2.05, 4.69) is 40.7 Å². The van der Waals surface area contributed by atoms with Gasteiger partial charge in [-0.05, 0) is 24.1 Å². The van der Waals surface area contributed by atoms with Gasteiger partial charge in [-0.15, -0.1) is 11.8 Å². The second-order valence-electron chi connectivity index (χ2n) is 4.22. The topological polar surface area (TPSA) is 43.8 Å². The van der Waals surface area contributed by atoms with Crippen LogP contribution in [0.4, 0.5) is 0 Å². The van der Waals surface area contributed by atoms with E-state index in [1.807, 2.05) is 24.3 Å². The maximum absolute atomic E-state index is 5.65. The van der Waals surface area contributed by atoms with Gasteiger partial charge in [-0.1, -0.05) is 19.1 Å². The zero-order valence-electron chi connectivity index (χ0n) is 10.7. The monoisotopic (exact) mass is 261 g/mol. The van der Waals surface area contributed by atoms with E-state index in [1.165, 1.54) is 16.2 Å². The Balaban J connectivity index is 1.99. The molecule has 0 aliphatic carbocycles. The Kier molecular flexibility index (Phi) is 4.84. The largest absolute Gasteiger partial charge is 0.334 e. The van der Waals surface area contributed by atoms with Crippen molar-refractivity contribution in [2.24, 2.45) is 5.73 Å². The normalized spacial score (nSPS) is 10.8. The molecule has 0 fully saturated rings. The molecule has 2 rings (SSSR count). The van der Waals surface area contributed by atoms with Gasteiger partial charge in [-0.25, -0.2) is 4.98 Å². The summed E-state index contributed by atoms with van der Waals surface area (Å²) < 4.78 is 2.22. The van der Waals surface area contributed by atoms with Crippen LogP contribution < -0.4 is 5.73 Å². The van der Waals surface area contributed by atoms with Crippen LogP contribution in [0, 0.1) is 0 Å². The van der Waals surface area contributed by atoms with Gasteiger partial charge in [0, 0.05) is 35.6 Å². The van der Waals surface area contributed by atoms with E-state index in [0.717, 1.165) is 18.7 Å². The van der Waals surface area contributed by atoms with Gasteiger partial charge >= 0.3 is 0 Å². The molecule has 96 valence electrons. The summed E-state index contributed by atoms with van der Waals surface area (Å²) in [7, 11) is 0. The molecule has 2 aromatic rings. The lowest BCUT2D eigenvalue weighted by Crippen LogP contribution is -1.99. The van der Waals surface area contributed by atoms with E-state index in [0.29, 0.717) is 6.54 Å². The van der Waals surface area contributed by atoms with Gasteiger partial charge in [-0.2, -0.15) is 0 Å². The first-order chi connectivity index (χ1) is 8.83. The molecular formula is C14H19N3S. The maximum Gasteiger partial charge on any atom is 0.0948 e. The Morgan fingerprint density at radius 3 is 3.06 bits per heavy atom. The highest BCUT2D eigenvalue weighted by molar-refractivity contribution is 7.98. The molecule has 0 radical (unpaired) electrons. The second kappa shape index (κ2) is 6.61. The molecule has 0 bridgehead atoms. The molecule has 0 aliphatic heterocycles. The van der Waals surface area contributed by atoms with Gasteiger partial charge < -0.3 is 10.3 Å². The number of imidazole rings is 1. The minimum absolute atomic E-state index is 0.599. The van der Waals surface area contributed by atoms with Crippen LogP contribution in [0.25, 0.3) is 0 Å². The Morgan fingerprint density at radius 2 is 2.28 bits per heavy atom.